The lowest BCUT2D eigenvalue weighted by Crippen LogP contribution is -2.49. The van der Waals surface area contributed by atoms with Gasteiger partial charge in [-0.1, -0.05) is 0 Å². The van der Waals surface area contributed by atoms with Gasteiger partial charge in [-0.2, -0.15) is 13.2 Å². The van der Waals surface area contributed by atoms with Crippen molar-refractivity contribution in [3.05, 3.63) is 47.5 Å². The van der Waals surface area contributed by atoms with Crippen molar-refractivity contribution in [1.82, 2.24) is 4.90 Å². The van der Waals surface area contributed by atoms with E-state index in [1.165, 1.54) is 9.80 Å². The van der Waals surface area contributed by atoms with Gasteiger partial charge < -0.3 is 14.5 Å². The first-order chi connectivity index (χ1) is 16.5. The van der Waals surface area contributed by atoms with Gasteiger partial charge in [0.15, 0.2) is 37.9 Å². The van der Waals surface area contributed by atoms with Crippen molar-refractivity contribution in [2.24, 2.45) is 0 Å². The highest BCUT2D eigenvalue weighted by atomic mass is 32.2. The van der Waals surface area contributed by atoms with Crippen LogP contribution in [0.15, 0.2) is 40.1 Å². The summed E-state index contributed by atoms with van der Waals surface area (Å²) in [6.45, 7) is -2.13. The normalized spacial score (nSPS) is 15.2. The number of ether oxygens (including phenoxy) is 1. The van der Waals surface area contributed by atoms with Crippen LogP contribution in [0.2, 0.25) is 0 Å². The molecule has 1 saturated heterocycles. The highest BCUT2D eigenvalue weighted by Gasteiger charge is 2.32. The third-order valence-electron chi connectivity index (χ3n) is 5.30. The number of nitrogens with zero attached hydrogens (tertiary/aromatic N) is 2. The van der Waals surface area contributed by atoms with Crippen LogP contribution in [-0.4, -0.2) is 79.1 Å². The molecule has 0 aliphatic carbocycles. The molecule has 1 fully saturated rings. The van der Waals surface area contributed by atoms with Crippen molar-refractivity contribution in [1.29, 1.82) is 0 Å². The maximum Gasteiger partial charge on any atom is 0.422 e. The number of anilines is 1. The zero-order valence-corrected chi connectivity index (χ0v) is 20.6. The standard InChI is InChI=1S/C21H21F5N2O6S2/c1-35(30,31)13-3-4-18(34-12-21(24,25)26)15(9-13)20(29)28-7-5-27(6-8-28)19-16(22)10-14(11-17(19)23)36(2,32)33/h3-4,9-11H,5-8,12H2,1-2H3. The first kappa shape index (κ1) is 27.6. The Morgan fingerprint density at radius 1 is 0.889 bits per heavy atom. The second kappa shape index (κ2) is 9.84. The van der Waals surface area contributed by atoms with E-state index in [1.54, 1.807) is 0 Å². The smallest absolute Gasteiger partial charge is 0.422 e. The second-order valence-electron chi connectivity index (χ2n) is 8.12. The van der Waals surface area contributed by atoms with E-state index in [1.807, 2.05) is 0 Å². The van der Waals surface area contributed by atoms with Crippen LogP contribution in [0.1, 0.15) is 10.4 Å². The summed E-state index contributed by atoms with van der Waals surface area (Å²) in [6.07, 6.45) is -3.04. The van der Waals surface area contributed by atoms with Crippen LogP contribution in [0.3, 0.4) is 0 Å². The Kier molecular flexibility index (Phi) is 7.56. The van der Waals surface area contributed by atoms with E-state index in [0.717, 1.165) is 30.7 Å². The van der Waals surface area contributed by atoms with Gasteiger partial charge in [-0.05, 0) is 30.3 Å². The van der Waals surface area contributed by atoms with Crippen molar-refractivity contribution in [2.45, 2.75) is 16.0 Å². The monoisotopic (exact) mass is 556 g/mol. The molecule has 8 nitrogen and oxygen atoms in total. The van der Waals surface area contributed by atoms with E-state index in [2.05, 4.69) is 0 Å². The van der Waals surface area contributed by atoms with Crippen molar-refractivity contribution < 1.29 is 48.3 Å². The first-order valence-electron chi connectivity index (χ1n) is 10.2. The Bertz CT molecular complexity index is 1360. The molecule has 0 aromatic heterocycles. The van der Waals surface area contributed by atoms with Gasteiger partial charge in [0, 0.05) is 38.7 Å². The number of carbonyl (C=O) groups excluding carboxylic acids is 1. The molecule has 1 amide bonds. The number of hydrogen-bond donors (Lipinski definition) is 0. The summed E-state index contributed by atoms with van der Waals surface area (Å²) >= 11 is 0. The highest BCUT2D eigenvalue weighted by molar-refractivity contribution is 7.91. The molecule has 0 saturated carbocycles. The van der Waals surface area contributed by atoms with Gasteiger partial charge in [0.05, 0.1) is 15.4 Å². The lowest BCUT2D eigenvalue weighted by atomic mass is 10.1. The van der Waals surface area contributed by atoms with E-state index >= 15 is 0 Å². The summed E-state index contributed by atoms with van der Waals surface area (Å²) in [5, 5.41) is 0. The number of carbonyl (C=O) groups is 1. The molecule has 0 bridgehead atoms. The minimum Gasteiger partial charge on any atom is -0.483 e. The average Bonchev–Trinajstić information content (AvgIpc) is 2.75. The van der Waals surface area contributed by atoms with Crippen LogP contribution in [0, 0.1) is 11.6 Å². The van der Waals surface area contributed by atoms with Gasteiger partial charge in [-0.25, -0.2) is 25.6 Å². The fourth-order valence-corrected chi connectivity index (χ4v) is 4.84. The summed E-state index contributed by atoms with van der Waals surface area (Å²) in [5.74, 6) is -3.52. The van der Waals surface area contributed by atoms with Crippen molar-refractivity contribution in [2.75, 3.05) is 50.2 Å². The zero-order chi connectivity index (χ0) is 27.1. The van der Waals surface area contributed by atoms with E-state index < -0.39 is 71.9 Å². The molecule has 36 heavy (non-hydrogen) atoms. The largest absolute Gasteiger partial charge is 0.483 e. The number of amides is 1. The third-order valence-corrected chi connectivity index (χ3v) is 7.50. The average molecular weight is 557 g/mol. The number of hydrogen-bond acceptors (Lipinski definition) is 7. The van der Waals surface area contributed by atoms with E-state index in [9.17, 15) is 43.6 Å². The summed E-state index contributed by atoms with van der Waals surface area (Å²) in [4.78, 5) is 14.7. The molecular weight excluding hydrogens is 535 g/mol. The molecule has 0 unspecified atom stereocenters. The first-order valence-corrected chi connectivity index (χ1v) is 14.0. The molecule has 1 aliphatic rings. The lowest BCUT2D eigenvalue weighted by molar-refractivity contribution is -0.153. The molecule has 3 rings (SSSR count). The SMILES string of the molecule is CS(=O)(=O)c1cc(F)c(N2CCN(C(=O)c3cc(S(C)(=O)=O)ccc3OCC(F)(F)F)CC2)c(F)c1. The summed E-state index contributed by atoms with van der Waals surface area (Å²) < 4.78 is 119. The molecule has 0 N–H and O–H groups in total. The molecule has 15 heteroatoms. The van der Waals surface area contributed by atoms with Gasteiger partial charge >= 0.3 is 6.18 Å². The zero-order valence-electron chi connectivity index (χ0n) is 19.0. The summed E-state index contributed by atoms with van der Waals surface area (Å²) in [6, 6.07) is 4.26. The van der Waals surface area contributed by atoms with E-state index in [4.69, 9.17) is 4.74 Å². The molecule has 1 heterocycles. The Labute approximate surface area is 204 Å². The number of benzene rings is 2. The Morgan fingerprint density at radius 3 is 1.89 bits per heavy atom. The maximum absolute atomic E-state index is 14.5. The van der Waals surface area contributed by atoms with Crippen LogP contribution < -0.4 is 9.64 Å². The number of sulfone groups is 2. The molecule has 0 spiro atoms. The van der Waals surface area contributed by atoms with Gasteiger partial charge in [0.25, 0.3) is 5.91 Å². The van der Waals surface area contributed by atoms with Gasteiger partial charge in [-0.15, -0.1) is 0 Å². The fraction of sp³-hybridized carbons (Fsp3) is 0.381. The minimum atomic E-state index is -4.71. The Hall–Kier alpha value is -2.94. The highest BCUT2D eigenvalue weighted by Crippen LogP contribution is 2.30. The van der Waals surface area contributed by atoms with Crippen LogP contribution >= 0.6 is 0 Å². The lowest BCUT2D eigenvalue weighted by Gasteiger charge is -2.36. The molecule has 2 aromatic carbocycles. The molecule has 0 atom stereocenters. The molecule has 2 aromatic rings. The number of rotatable bonds is 6. The quantitative estimate of drug-likeness (QED) is 0.505. The van der Waals surface area contributed by atoms with Crippen LogP contribution in [0.4, 0.5) is 27.6 Å². The maximum atomic E-state index is 14.5. The van der Waals surface area contributed by atoms with Crippen LogP contribution in [0.25, 0.3) is 0 Å². The predicted molar refractivity (Wildman–Crippen MR) is 119 cm³/mol. The van der Waals surface area contributed by atoms with Gasteiger partial charge in [0.2, 0.25) is 0 Å². The molecule has 1 aliphatic heterocycles. The van der Waals surface area contributed by atoms with Gasteiger partial charge in [-0.3, -0.25) is 4.79 Å². The van der Waals surface area contributed by atoms with Gasteiger partial charge in [0.1, 0.15) is 11.4 Å². The van der Waals surface area contributed by atoms with Crippen molar-refractivity contribution in [3.8, 4) is 5.75 Å². The molecule has 0 radical (unpaired) electrons. The van der Waals surface area contributed by atoms with Crippen LogP contribution in [-0.2, 0) is 19.7 Å². The van der Waals surface area contributed by atoms with Crippen molar-refractivity contribution in [3.63, 3.8) is 0 Å². The topological polar surface area (TPSA) is 101 Å². The Morgan fingerprint density at radius 2 is 1.42 bits per heavy atom. The van der Waals surface area contributed by atoms with E-state index in [-0.39, 0.29) is 31.1 Å². The number of piperazine rings is 1. The van der Waals surface area contributed by atoms with Crippen molar-refractivity contribution >= 4 is 31.3 Å². The molecule has 198 valence electrons. The predicted octanol–water partition coefficient (Wildman–Crippen LogP) is 2.68. The summed E-state index contributed by atoms with van der Waals surface area (Å²) in [5.41, 5.74) is -0.895. The number of halogens is 5. The van der Waals surface area contributed by atoms with E-state index in [0.29, 0.717) is 12.1 Å². The molecular formula is C21H21F5N2O6S2. The number of alkyl halides is 3. The fourth-order valence-electron chi connectivity index (χ4n) is 3.55. The third kappa shape index (κ3) is 6.43. The second-order valence-corrected chi connectivity index (χ2v) is 12.2. The Balaban J connectivity index is 1.84. The summed E-state index contributed by atoms with van der Waals surface area (Å²) in [7, 11) is -7.66. The minimum absolute atomic E-state index is 0.0949. The van der Waals surface area contributed by atoms with Crippen LogP contribution in [0.5, 0.6) is 5.75 Å².